The lowest BCUT2D eigenvalue weighted by Gasteiger charge is -2.40. The Morgan fingerprint density at radius 2 is 1.24 bits per heavy atom. The molecule has 0 bridgehead atoms. The molecule has 4 nitrogen and oxygen atoms in total. The average molecular weight is 469 g/mol. The van der Waals surface area contributed by atoms with Crippen LogP contribution in [0.5, 0.6) is 11.5 Å². The number of aromatic hydroxyl groups is 2. The number of halogens is 2. The zero-order valence-electron chi connectivity index (χ0n) is 13.8. The minimum atomic E-state index is -0.365. The monoisotopic (exact) mass is 467 g/mol. The molecular formula is C19H19Br2NO3. The average Bonchev–Trinajstić information content (AvgIpc) is 2.56. The van der Waals surface area contributed by atoms with Crippen molar-refractivity contribution in [3.05, 3.63) is 56.5 Å². The normalized spacial score (nSPS) is 26.6. The number of phenolic OH excluding ortho intramolecular Hbond substituents is 2. The van der Waals surface area contributed by atoms with Crippen molar-refractivity contribution in [3.8, 4) is 11.5 Å². The van der Waals surface area contributed by atoms with E-state index in [2.05, 4.69) is 37.2 Å². The molecule has 0 unspecified atom stereocenters. The van der Waals surface area contributed by atoms with Crippen molar-refractivity contribution in [2.24, 2.45) is 11.8 Å². The van der Waals surface area contributed by atoms with Crippen LogP contribution in [-0.2, 0) is 4.79 Å². The van der Waals surface area contributed by atoms with E-state index in [-0.39, 0.29) is 41.2 Å². The van der Waals surface area contributed by atoms with E-state index >= 15 is 0 Å². The summed E-state index contributed by atoms with van der Waals surface area (Å²) in [5.74, 6) is -0.243. The molecule has 4 atom stereocenters. The van der Waals surface area contributed by atoms with E-state index in [0.29, 0.717) is 11.1 Å². The van der Waals surface area contributed by atoms with Gasteiger partial charge in [0.1, 0.15) is 17.3 Å². The number of nitrogens with one attached hydrogen (secondary N) is 1. The third kappa shape index (κ3) is 3.23. The lowest BCUT2D eigenvalue weighted by Crippen LogP contribution is -2.46. The fraction of sp³-hybridized carbons (Fsp3) is 0.316. The summed E-state index contributed by atoms with van der Waals surface area (Å²) in [6, 6.07) is 9.68. The molecule has 0 saturated carbocycles. The Labute approximate surface area is 163 Å². The first kappa shape index (κ1) is 18.4. The van der Waals surface area contributed by atoms with Crippen LogP contribution in [0.1, 0.15) is 37.1 Å². The number of hydrogen-bond acceptors (Lipinski definition) is 4. The standard InChI is InChI=1S/C19H19Br2NO3/c1-9-17(15-11(20)5-3-7-13(15)23)22-18(10(2)19(9)25)16-12(21)6-4-8-14(16)24/h3-10,17-18,22-24H,1-2H3/t9-,10+,17-,18+. The summed E-state index contributed by atoms with van der Waals surface area (Å²) in [5, 5.41) is 24.2. The molecule has 0 aliphatic carbocycles. The fourth-order valence-corrected chi connectivity index (χ4v) is 4.76. The van der Waals surface area contributed by atoms with Crippen LogP contribution in [0.25, 0.3) is 0 Å². The molecule has 6 heteroatoms. The summed E-state index contributed by atoms with van der Waals surface area (Å²) < 4.78 is 1.49. The number of ketones is 1. The van der Waals surface area contributed by atoms with E-state index in [1.54, 1.807) is 24.3 Å². The van der Waals surface area contributed by atoms with Gasteiger partial charge in [0.05, 0.1) is 0 Å². The molecule has 2 aromatic carbocycles. The van der Waals surface area contributed by atoms with Crippen LogP contribution in [0.2, 0.25) is 0 Å². The first-order valence-electron chi connectivity index (χ1n) is 8.07. The van der Waals surface area contributed by atoms with Crippen LogP contribution >= 0.6 is 31.9 Å². The molecule has 3 N–H and O–H groups in total. The predicted octanol–water partition coefficient (Wildman–Crippen LogP) is 4.85. The highest BCUT2D eigenvalue weighted by atomic mass is 79.9. The van der Waals surface area contributed by atoms with E-state index < -0.39 is 0 Å². The molecule has 1 aliphatic rings. The van der Waals surface area contributed by atoms with Crippen molar-refractivity contribution in [1.82, 2.24) is 5.32 Å². The van der Waals surface area contributed by atoms with Crippen LogP contribution in [-0.4, -0.2) is 16.0 Å². The van der Waals surface area contributed by atoms with Crippen LogP contribution < -0.4 is 5.32 Å². The third-order valence-corrected chi connectivity index (χ3v) is 6.32. The molecule has 132 valence electrons. The Bertz CT molecular complexity index is 718. The number of carbonyl (C=O) groups excluding carboxylic acids is 1. The van der Waals surface area contributed by atoms with Gasteiger partial charge in [-0.05, 0) is 24.3 Å². The maximum Gasteiger partial charge on any atom is 0.142 e. The number of benzene rings is 2. The Morgan fingerprint density at radius 1 is 0.840 bits per heavy atom. The summed E-state index contributed by atoms with van der Waals surface area (Å²) in [6.07, 6.45) is 0. The topological polar surface area (TPSA) is 69.6 Å². The van der Waals surface area contributed by atoms with Crippen molar-refractivity contribution < 1.29 is 15.0 Å². The molecular weight excluding hydrogens is 450 g/mol. The summed E-state index contributed by atoms with van der Waals surface area (Å²) in [6.45, 7) is 3.73. The van der Waals surface area contributed by atoms with Gasteiger partial charge >= 0.3 is 0 Å². The van der Waals surface area contributed by atoms with Crippen LogP contribution in [0, 0.1) is 11.8 Å². The van der Waals surface area contributed by atoms with Crippen molar-refractivity contribution in [1.29, 1.82) is 0 Å². The van der Waals surface area contributed by atoms with E-state index in [9.17, 15) is 15.0 Å². The van der Waals surface area contributed by atoms with Gasteiger partial charge in [0.15, 0.2) is 0 Å². The quantitative estimate of drug-likeness (QED) is 0.589. The number of hydrogen-bond donors (Lipinski definition) is 3. The van der Waals surface area contributed by atoms with Gasteiger partial charge in [-0.15, -0.1) is 0 Å². The van der Waals surface area contributed by atoms with Gasteiger partial charge in [-0.3, -0.25) is 4.79 Å². The summed E-state index contributed by atoms with van der Waals surface area (Å²) in [7, 11) is 0. The minimum absolute atomic E-state index is 0.0963. The van der Waals surface area contributed by atoms with E-state index in [4.69, 9.17) is 0 Å². The first-order valence-corrected chi connectivity index (χ1v) is 9.66. The van der Waals surface area contributed by atoms with Crippen molar-refractivity contribution in [3.63, 3.8) is 0 Å². The number of Topliss-reactive ketones (excluding diaryl/α,β-unsaturated/α-hetero) is 1. The molecule has 0 radical (unpaired) electrons. The van der Waals surface area contributed by atoms with E-state index in [1.165, 1.54) is 0 Å². The lowest BCUT2D eigenvalue weighted by atomic mass is 9.76. The molecule has 0 amide bonds. The second-order valence-corrected chi connectivity index (χ2v) is 8.16. The highest BCUT2D eigenvalue weighted by Crippen LogP contribution is 2.45. The fourth-order valence-electron chi connectivity index (χ4n) is 3.56. The molecule has 1 aliphatic heterocycles. The summed E-state index contributed by atoms with van der Waals surface area (Å²) in [4.78, 5) is 12.9. The van der Waals surface area contributed by atoms with Crippen LogP contribution in [0.4, 0.5) is 0 Å². The second kappa shape index (κ2) is 7.09. The van der Waals surface area contributed by atoms with Gasteiger partial charge in [-0.2, -0.15) is 0 Å². The number of rotatable bonds is 2. The van der Waals surface area contributed by atoms with Crippen LogP contribution in [0.15, 0.2) is 45.3 Å². The molecule has 25 heavy (non-hydrogen) atoms. The largest absolute Gasteiger partial charge is 0.508 e. The number of carbonyl (C=O) groups is 1. The minimum Gasteiger partial charge on any atom is -0.508 e. The highest BCUT2D eigenvalue weighted by molar-refractivity contribution is 9.10. The Hall–Kier alpha value is -1.37. The van der Waals surface area contributed by atoms with Gasteiger partial charge in [0, 0.05) is 44.0 Å². The molecule has 0 spiro atoms. The predicted molar refractivity (Wildman–Crippen MR) is 104 cm³/mol. The van der Waals surface area contributed by atoms with E-state index in [0.717, 1.165) is 8.95 Å². The maximum absolute atomic E-state index is 12.9. The lowest BCUT2D eigenvalue weighted by molar-refractivity contribution is -0.130. The Kier molecular flexibility index (Phi) is 5.23. The van der Waals surface area contributed by atoms with Crippen molar-refractivity contribution in [2.75, 3.05) is 0 Å². The van der Waals surface area contributed by atoms with Gasteiger partial charge in [0.25, 0.3) is 0 Å². The number of phenols is 2. The van der Waals surface area contributed by atoms with Gasteiger partial charge < -0.3 is 15.5 Å². The maximum atomic E-state index is 12.9. The SMILES string of the molecule is C[C@@H]1C(=O)[C@H](C)[C@H](c2c(O)cccc2Br)N[C@@H]1c1c(O)cccc1Br. The summed E-state index contributed by atoms with van der Waals surface area (Å²) >= 11 is 6.96. The number of piperidine rings is 1. The molecule has 2 aromatic rings. The van der Waals surface area contributed by atoms with Gasteiger partial charge in [-0.1, -0.05) is 57.8 Å². The molecule has 0 aromatic heterocycles. The highest BCUT2D eigenvalue weighted by Gasteiger charge is 2.42. The Morgan fingerprint density at radius 3 is 1.60 bits per heavy atom. The Balaban J connectivity index is 2.09. The first-order chi connectivity index (χ1) is 11.8. The van der Waals surface area contributed by atoms with Gasteiger partial charge in [-0.25, -0.2) is 0 Å². The van der Waals surface area contributed by atoms with E-state index in [1.807, 2.05) is 26.0 Å². The molecule has 1 saturated heterocycles. The zero-order chi connectivity index (χ0) is 18.3. The summed E-state index contributed by atoms with van der Waals surface area (Å²) in [5.41, 5.74) is 1.32. The van der Waals surface area contributed by atoms with Crippen LogP contribution in [0.3, 0.4) is 0 Å². The van der Waals surface area contributed by atoms with Crippen molar-refractivity contribution in [2.45, 2.75) is 25.9 Å². The zero-order valence-corrected chi connectivity index (χ0v) is 17.0. The third-order valence-electron chi connectivity index (χ3n) is 4.94. The smallest absolute Gasteiger partial charge is 0.142 e. The second-order valence-electron chi connectivity index (χ2n) is 6.45. The molecule has 3 rings (SSSR count). The van der Waals surface area contributed by atoms with Crippen molar-refractivity contribution >= 4 is 37.6 Å². The molecule has 1 heterocycles. The molecule has 1 fully saturated rings. The van der Waals surface area contributed by atoms with Gasteiger partial charge in [0.2, 0.25) is 0 Å².